The van der Waals surface area contributed by atoms with Crippen molar-refractivity contribution >= 4 is 16.5 Å². The van der Waals surface area contributed by atoms with E-state index < -0.39 is 0 Å². The number of benzene rings is 1. The molecule has 1 aromatic carbocycles. The maximum atomic E-state index is 8.80. The topological polar surface area (TPSA) is 39.9 Å². The highest BCUT2D eigenvalue weighted by atomic mass is 32.1. The Kier molecular flexibility index (Phi) is 3.63. The average Bonchev–Trinajstić information content (AvgIpc) is 2.82. The molecule has 0 saturated heterocycles. The number of nitriles is 1. The van der Waals surface area contributed by atoms with E-state index in [4.69, 9.17) is 5.26 Å². The molecule has 3 nitrogen and oxygen atoms in total. The van der Waals surface area contributed by atoms with Gasteiger partial charge < -0.3 is 4.90 Å². The number of hydrogen-bond donors (Lipinski definition) is 0. The smallest absolute Gasteiger partial charge is 0.186 e. The van der Waals surface area contributed by atoms with Crippen molar-refractivity contribution in [2.24, 2.45) is 0 Å². The fourth-order valence-electron chi connectivity index (χ4n) is 1.79. The Hall–Kier alpha value is -1.86. The molecule has 0 amide bonds. The van der Waals surface area contributed by atoms with Crippen LogP contribution in [0.1, 0.15) is 21.6 Å². The third kappa shape index (κ3) is 2.69. The van der Waals surface area contributed by atoms with Crippen LogP contribution in [0, 0.1) is 25.2 Å². The van der Waals surface area contributed by atoms with Crippen LogP contribution in [0.5, 0.6) is 0 Å². The molecule has 0 atom stereocenters. The van der Waals surface area contributed by atoms with E-state index in [9.17, 15) is 0 Å². The van der Waals surface area contributed by atoms with Crippen molar-refractivity contribution in [3.05, 3.63) is 46.0 Å². The van der Waals surface area contributed by atoms with Crippen molar-refractivity contribution < 1.29 is 0 Å². The molecule has 0 radical (unpaired) electrons. The molecule has 4 heteroatoms. The van der Waals surface area contributed by atoms with Gasteiger partial charge in [-0.1, -0.05) is 35.1 Å². The Morgan fingerprint density at radius 3 is 2.83 bits per heavy atom. The highest BCUT2D eigenvalue weighted by molar-refractivity contribution is 7.16. The van der Waals surface area contributed by atoms with Crippen LogP contribution in [0.25, 0.3) is 0 Å². The molecule has 0 fully saturated rings. The van der Waals surface area contributed by atoms with Gasteiger partial charge in [-0.25, -0.2) is 4.98 Å². The summed E-state index contributed by atoms with van der Waals surface area (Å²) in [4.78, 5) is 6.98. The second-order valence-corrected chi connectivity index (χ2v) is 5.41. The second-order valence-electron chi connectivity index (χ2n) is 4.40. The number of hydrogen-bond acceptors (Lipinski definition) is 4. The standard InChI is InChI=1S/C14H15N3S/c1-10-4-5-11(2)12(6-10)9-17(3)14-16-8-13(7-15)18-14/h4-6,8H,9H2,1-3H3. The second kappa shape index (κ2) is 5.19. The fourth-order valence-corrected chi connectivity index (χ4v) is 2.46. The molecule has 0 unspecified atom stereocenters. The summed E-state index contributed by atoms with van der Waals surface area (Å²) in [5, 5.41) is 9.69. The van der Waals surface area contributed by atoms with Crippen molar-refractivity contribution in [2.75, 3.05) is 11.9 Å². The normalized spacial score (nSPS) is 10.1. The van der Waals surface area contributed by atoms with E-state index in [-0.39, 0.29) is 0 Å². The SMILES string of the molecule is Cc1ccc(C)c(CN(C)c2ncc(C#N)s2)c1. The van der Waals surface area contributed by atoms with Crippen LogP contribution in [0.2, 0.25) is 0 Å². The van der Waals surface area contributed by atoms with Crippen molar-refractivity contribution in [3.8, 4) is 6.07 Å². The Morgan fingerprint density at radius 2 is 2.17 bits per heavy atom. The van der Waals surface area contributed by atoms with Gasteiger partial charge in [0.2, 0.25) is 0 Å². The molecule has 2 aromatic rings. The molecule has 0 aliphatic carbocycles. The van der Waals surface area contributed by atoms with Crippen molar-refractivity contribution in [1.82, 2.24) is 4.98 Å². The summed E-state index contributed by atoms with van der Waals surface area (Å²) in [6.45, 7) is 5.02. The maximum Gasteiger partial charge on any atom is 0.186 e. The Labute approximate surface area is 111 Å². The van der Waals surface area contributed by atoms with Gasteiger partial charge >= 0.3 is 0 Å². The van der Waals surface area contributed by atoms with Gasteiger partial charge in [0.05, 0.1) is 6.20 Å². The highest BCUT2D eigenvalue weighted by Crippen LogP contribution is 2.23. The van der Waals surface area contributed by atoms with E-state index in [0.717, 1.165) is 11.7 Å². The van der Waals surface area contributed by atoms with Gasteiger partial charge in [0.1, 0.15) is 10.9 Å². The molecule has 1 aromatic heterocycles. The van der Waals surface area contributed by atoms with E-state index in [2.05, 4.69) is 48.0 Å². The van der Waals surface area contributed by atoms with Gasteiger partial charge in [-0.3, -0.25) is 0 Å². The van der Waals surface area contributed by atoms with Crippen molar-refractivity contribution in [3.63, 3.8) is 0 Å². The van der Waals surface area contributed by atoms with Gasteiger partial charge in [0.15, 0.2) is 5.13 Å². The molecule has 0 saturated carbocycles. The zero-order valence-corrected chi connectivity index (χ0v) is 11.6. The predicted molar refractivity (Wildman–Crippen MR) is 74.9 cm³/mol. The first-order valence-corrected chi connectivity index (χ1v) is 6.55. The van der Waals surface area contributed by atoms with E-state index >= 15 is 0 Å². The van der Waals surface area contributed by atoms with E-state index in [1.807, 2.05) is 7.05 Å². The molecule has 0 aliphatic rings. The number of thiazole rings is 1. The van der Waals surface area contributed by atoms with Gasteiger partial charge in [-0.15, -0.1) is 0 Å². The third-order valence-electron chi connectivity index (χ3n) is 2.84. The van der Waals surface area contributed by atoms with Crippen molar-refractivity contribution in [1.29, 1.82) is 5.26 Å². The molecule has 0 N–H and O–H groups in total. The molecular weight excluding hydrogens is 242 g/mol. The number of rotatable bonds is 3. The lowest BCUT2D eigenvalue weighted by atomic mass is 10.1. The lowest BCUT2D eigenvalue weighted by Gasteiger charge is -2.17. The largest absolute Gasteiger partial charge is 0.347 e. The van der Waals surface area contributed by atoms with Gasteiger partial charge in [0, 0.05) is 13.6 Å². The molecule has 0 aliphatic heterocycles. The average molecular weight is 257 g/mol. The summed E-state index contributed by atoms with van der Waals surface area (Å²) in [6.07, 6.45) is 1.62. The lowest BCUT2D eigenvalue weighted by molar-refractivity contribution is 0.905. The van der Waals surface area contributed by atoms with E-state index in [1.165, 1.54) is 28.0 Å². The summed E-state index contributed by atoms with van der Waals surface area (Å²) in [7, 11) is 2.00. The van der Waals surface area contributed by atoms with Gasteiger partial charge in [-0.2, -0.15) is 5.26 Å². The molecule has 18 heavy (non-hydrogen) atoms. The minimum Gasteiger partial charge on any atom is -0.347 e. The van der Waals surface area contributed by atoms with Gasteiger partial charge in [0.25, 0.3) is 0 Å². The number of anilines is 1. The zero-order chi connectivity index (χ0) is 13.1. The summed E-state index contributed by atoms with van der Waals surface area (Å²) in [5.74, 6) is 0. The highest BCUT2D eigenvalue weighted by Gasteiger charge is 2.09. The predicted octanol–water partition coefficient (Wildman–Crippen LogP) is 3.27. The summed E-state index contributed by atoms with van der Waals surface area (Å²) >= 11 is 1.42. The minimum atomic E-state index is 0.651. The number of aromatic nitrogens is 1. The summed E-state index contributed by atoms with van der Waals surface area (Å²) in [6, 6.07) is 8.58. The molecule has 92 valence electrons. The first-order valence-electron chi connectivity index (χ1n) is 5.73. The fraction of sp³-hybridized carbons (Fsp3) is 0.286. The summed E-state index contributed by atoms with van der Waals surface area (Å²) < 4.78 is 0. The minimum absolute atomic E-state index is 0.651. The Balaban J connectivity index is 2.18. The first-order chi connectivity index (χ1) is 8.60. The van der Waals surface area contributed by atoms with E-state index in [1.54, 1.807) is 6.20 Å². The van der Waals surface area contributed by atoms with Crippen LogP contribution in [0.15, 0.2) is 24.4 Å². The molecule has 0 bridgehead atoms. The van der Waals surface area contributed by atoms with Crippen LogP contribution in [0.4, 0.5) is 5.13 Å². The van der Waals surface area contributed by atoms with Crippen LogP contribution in [-0.4, -0.2) is 12.0 Å². The number of nitrogens with zero attached hydrogens (tertiary/aromatic N) is 3. The monoisotopic (exact) mass is 257 g/mol. The molecule has 0 spiro atoms. The van der Waals surface area contributed by atoms with Crippen LogP contribution in [-0.2, 0) is 6.54 Å². The van der Waals surface area contributed by atoms with Crippen molar-refractivity contribution in [2.45, 2.75) is 20.4 Å². The Bertz CT molecular complexity index is 595. The van der Waals surface area contributed by atoms with Crippen LogP contribution >= 0.6 is 11.3 Å². The molecule has 2 rings (SSSR count). The Morgan fingerprint density at radius 1 is 1.39 bits per heavy atom. The zero-order valence-electron chi connectivity index (χ0n) is 10.8. The molecular formula is C14H15N3S. The van der Waals surface area contributed by atoms with E-state index in [0.29, 0.717) is 4.88 Å². The van der Waals surface area contributed by atoms with Gasteiger partial charge in [-0.05, 0) is 25.0 Å². The third-order valence-corrected chi connectivity index (χ3v) is 3.86. The molecule has 1 heterocycles. The summed E-state index contributed by atoms with van der Waals surface area (Å²) in [5.41, 5.74) is 3.84. The first kappa shape index (κ1) is 12.6. The number of aryl methyl sites for hydroxylation is 2. The lowest BCUT2D eigenvalue weighted by Crippen LogP contribution is -2.16. The van der Waals surface area contributed by atoms with Crippen LogP contribution < -0.4 is 4.90 Å². The maximum absolute atomic E-state index is 8.80. The van der Waals surface area contributed by atoms with Crippen LogP contribution in [0.3, 0.4) is 0 Å². The quantitative estimate of drug-likeness (QED) is 0.847.